The molecule has 0 aromatic carbocycles. The summed E-state index contributed by atoms with van der Waals surface area (Å²) in [4.78, 5) is 13.8. The molecule has 0 fully saturated rings. The van der Waals surface area contributed by atoms with Gasteiger partial charge in [0, 0.05) is 38.1 Å². The van der Waals surface area contributed by atoms with Crippen molar-refractivity contribution in [3.8, 4) is 0 Å². The summed E-state index contributed by atoms with van der Waals surface area (Å²) < 4.78 is 0. The van der Waals surface area contributed by atoms with Crippen molar-refractivity contribution in [3.63, 3.8) is 0 Å². The third-order valence-corrected chi connectivity index (χ3v) is 2.77. The minimum atomic E-state index is 0.0761. The number of nitrogens with zero attached hydrogens (tertiary/aromatic N) is 1. The van der Waals surface area contributed by atoms with E-state index >= 15 is 0 Å². The third kappa shape index (κ3) is 9.42. The zero-order valence-corrected chi connectivity index (χ0v) is 12.8. The van der Waals surface area contributed by atoms with Crippen LogP contribution in [0, 0.1) is 5.92 Å². The third-order valence-electron chi connectivity index (χ3n) is 2.77. The van der Waals surface area contributed by atoms with Gasteiger partial charge in [-0.05, 0) is 13.0 Å². The molecule has 0 saturated heterocycles. The van der Waals surface area contributed by atoms with Crippen LogP contribution in [0.3, 0.4) is 0 Å². The lowest BCUT2D eigenvalue weighted by Gasteiger charge is -2.23. The van der Waals surface area contributed by atoms with Crippen LogP contribution in [0.5, 0.6) is 0 Å². The van der Waals surface area contributed by atoms with Crippen LogP contribution in [0.15, 0.2) is 0 Å². The van der Waals surface area contributed by atoms with Crippen LogP contribution in [-0.4, -0.2) is 49.6 Å². The van der Waals surface area contributed by atoms with Gasteiger partial charge in [0.05, 0.1) is 0 Å². The molecule has 0 aromatic rings. The van der Waals surface area contributed by atoms with E-state index in [0.717, 1.165) is 39.1 Å². The zero-order chi connectivity index (χ0) is 14.0. The quantitative estimate of drug-likeness (QED) is 0.623. The molecule has 18 heavy (non-hydrogen) atoms. The molecule has 1 amide bonds. The molecule has 0 aliphatic heterocycles. The summed E-state index contributed by atoms with van der Waals surface area (Å²) in [6.07, 6.45) is 1.15. The SMILES string of the molecule is CCCN(CCNC(=O)C(C)C)CCNC(C)C. The van der Waals surface area contributed by atoms with E-state index in [-0.39, 0.29) is 11.8 Å². The first-order valence-corrected chi connectivity index (χ1v) is 7.20. The Morgan fingerprint density at radius 2 is 1.67 bits per heavy atom. The molecule has 0 saturated carbocycles. The number of carbonyl (C=O) groups excluding carboxylic acids is 1. The molecular formula is C14H31N3O. The van der Waals surface area contributed by atoms with E-state index in [4.69, 9.17) is 0 Å². The average Bonchev–Trinajstić information content (AvgIpc) is 2.28. The minimum Gasteiger partial charge on any atom is -0.355 e. The Balaban J connectivity index is 3.78. The van der Waals surface area contributed by atoms with Gasteiger partial charge in [-0.15, -0.1) is 0 Å². The maximum absolute atomic E-state index is 11.4. The molecule has 108 valence electrons. The predicted molar refractivity (Wildman–Crippen MR) is 77.7 cm³/mol. The van der Waals surface area contributed by atoms with E-state index in [1.54, 1.807) is 0 Å². The first-order chi connectivity index (χ1) is 8.47. The molecule has 4 nitrogen and oxygen atoms in total. The molecule has 0 aliphatic rings. The molecule has 2 N–H and O–H groups in total. The van der Waals surface area contributed by atoms with Crippen LogP contribution in [0.4, 0.5) is 0 Å². The lowest BCUT2D eigenvalue weighted by molar-refractivity contribution is -0.124. The number of amides is 1. The number of rotatable bonds is 10. The molecule has 0 aliphatic carbocycles. The second kappa shape index (κ2) is 10.3. The van der Waals surface area contributed by atoms with Crippen LogP contribution in [-0.2, 0) is 4.79 Å². The standard InChI is InChI=1S/C14H31N3O/c1-6-9-17(10-7-15-13(4)5)11-8-16-14(18)12(2)3/h12-13,15H,6-11H2,1-5H3,(H,16,18). The van der Waals surface area contributed by atoms with Gasteiger partial charge in [-0.25, -0.2) is 0 Å². The van der Waals surface area contributed by atoms with Gasteiger partial charge in [0.15, 0.2) is 0 Å². The number of hydrogen-bond acceptors (Lipinski definition) is 3. The van der Waals surface area contributed by atoms with E-state index in [1.165, 1.54) is 0 Å². The van der Waals surface area contributed by atoms with Gasteiger partial charge in [0.1, 0.15) is 0 Å². The largest absolute Gasteiger partial charge is 0.355 e. The first kappa shape index (κ1) is 17.4. The van der Waals surface area contributed by atoms with Crippen LogP contribution >= 0.6 is 0 Å². The number of nitrogens with one attached hydrogen (secondary N) is 2. The highest BCUT2D eigenvalue weighted by Crippen LogP contribution is 1.93. The minimum absolute atomic E-state index is 0.0761. The highest BCUT2D eigenvalue weighted by atomic mass is 16.1. The lowest BCUT2D eigenvalue weighted by Crippen LogP contribution is -2.40. The fourth-order valence-corrected chi connectivity index (χ4v) is 1.70. The summed E-state index contributed by atoms with van der Waals surface area (Å²) in [6, 6.07) is 0.536. The van der Waals surface area contributed by atoms with Gasteiger partial charge >= 0.3 is 0 Å². The maximum atomic E-state index is 11.4. The molecule has 4 heteroatoms. The summed E-state index contributed by atoms with van der Waals surface area (Å²) in [6.45, 7) is 15.2. The average molecular weight is 257 g/mol. The van der Waals surface area contributed by atoms with E-state index in [1.807, 2.05) is 13.8 Å². The summed E-state index contributed by atoms with van der Waals surface area (Å²) in [5.41, 5.74) is 0. The normalized spacial score (nSPS) is 11.6. The van der Waals surface area contributed by atoms with Gasteiger partial charge < -0.3 is 15.5 Å². The smallest absolute Gasteiger partial charge is 0.222 e. The van der Waals surface area contributed by atoms with Gasteiger partial charge in [-0.1, -0.05) is 34.6 Å². The van der Waals surface area contributed by atoms with Crippen molar-refractivity contribution >= 4 is 5.91 Å². The summed E-state index contributed by atoms with van der Waals surface area (Å²) in [7, 11) is 0. The molecule has 0 atom stereocenters. The van der Waals surface area contributed by atoms with Gasteiger partial charge in [-0.2, -0.15) is 0 Å². The Hall–Kier alpha value is -0.610. The fourth-order valence-electron chi connectivity index (χ4n) is 1.70. The van der Waals surface area contributed by atoms with Gasteiger partial charge in [0.2, 0.25) is 5.91 Å². The predicted octanol–water partition coefficient (Wildman–Crippen LogP) is 1.47. The number of carbonyl (C=O) groups is 1. The molecule has 0 radical (unpaired) electrons. The second-order valence-electron chi connectivity index (χ2n) is 5.40. The van der Waals surface area contributed by atoms with Crippen molar-refractivity contribution in [2.24, 2.45) is 5.92 Å². The summed E-state index contributed by atoms with van der Waals surface area (Å²) in [5.74, 6) is 0.221. The molecular weight excluding hydrogens is 226 g/mol. The molecule has 0 spiro atoms. The van der Waals surface area contributed by atoms with Crippen molar-refractivity contribution in [3.05, 3.63) is 0 Å². The van der Waals surface area contributed by atoms with Crippen LogP contribution < -0.4 is 10.6 Å². The first-order valence-electron chi connectivity index (χ1n) is 7.20. The topological polar surface area (TPSA) is 44.4 Å². The van der Waals surface area contributed by atoms with Crippen molar-refractivity contribution in [1.82, 2.24) is 15.5 Å². The van der Waals surface area contributed by atoms with Crippen molar-refractivity contribution in [2.75, 3.05) is 32.7 Å². The Kier molecular flexibility index (Phi) is 9.98. The van der Waals surface area contributed by atoms with Crippen molar-refractivity contribution in [2.45, 2.75) is 47.1 Å². The fraction of sp³-hybridized carbons (Fsp3) is 0.929. The van der Waals surface area contributed by atoms with Gasteiger partial charge in [-0.3, -0.25) is 4.79 Å². The van der Waals surface area contributed by atoms with E-state index in [9.17, 15) is 4.79 Å². The lowest BCUT2D eigenvalue weighted by atomic mass is 10.2. The Labute approximate surface area is 113 Å². The molecule has 0 unspecified atom stereocenters. The Morgan fingerprint density at radius 3 is 2.17 bits per heavy atom. The highest BCUT2D eigenvalue weighted by molar-refractivity contribution is 5.77. The van der Waals surface area contributed by atoms with Gasteiger partial charge in [0.25, 0.3) is 0 Å². The van der Waals surface area contributed by atoms with Crippen LogP contribution in [0.2, 0.25) is 0 Å². The van der Waals surface area contributed by atoms with Crippen molar-refractivity contribution in [1.29, 1.82) is 0 Å². The van der Waals surface area contributed by atoms with E-state index in [0.29, 0.717) is 6.04 Å². The van der Waals surface area contributed by atoms with E-state index < -0.39 is 0 Å². The summed E-state index contributed by atoms with van der Waals surface area (Å²) in [5, 5.41) is 6.39. The van der Waals surface area contributed by atoms with Crippen LogP contribution in [0.1, 0.15) is 41.0 Å². The van der Waals surface area contributed by atoms with Crippen molar-refractivity contribution < 1.29 is 4.79 Å². The maximum Gasteiger partial charge on any atom is 0.222 e. The monoisotopic (exact) mass is 257 g/mol. The molecule has 0 bridgehead atoms. The highest BCUT2D eigenvalue weighted by Gasteiger charge is 2.07. The molecule has 0 heterocycles. The zero-order valence-electron chi connectivity index (χ0n) is 12.8. The molecule has 0 rings (SSSR count). The Morgan fingerprint density at radius 1 is 1.06 bits per heavy atom. The Bertz CT molecular complexity index is 217. The molecule has 0 aromatic heterocycles. The number of hydrogen-bond donors (Lipinski definition) is 2. The second-order valence-corrected chi connectivity index (χ2v) is 5.40. The summed E-state index contributed by atoms with van der Waals surface area (Å²) >= 11 is 0. The van der Waals surface area contributed by atoms with Crippen LogP contribution in [0.25, 0.3) is 0 Å². The van der Waals surface area contributed by atoms with E-state index in [2.05, 4.69) is 36.3 Å².